The molecular weight excluding hydrogens is 243 g/mol. The minimum atomic E-state index is -0.397. The van der Waals surface area contributed by atoms with Crippen LogP contribution in [-0.4, -0.2) is 17.4 Å². The topological polar surface area (TPSA) is 46.3 Å². The fraction of sp³-hybridized carbons (Fsp3) is 0.533. The number of nitrogen functional groups attached to an aromatic ring is 1. The van der Waals surface area contributed by atoms with Gasteiger partial charge in [0.25, 0.3) is 0 Å². The van der Waals surface area contributed by atoms with E-state index < -0.39 is 5.82 Å². The monoisotopic (exact) mass is 264 g/mol. The maximum Gasteiger partial charge on any atom is 0.222 e. The summed E-state index contributed by atoms with van der Waals surface area (Å²) in [6.45, 7) is 3.19. The molecule has 3 nitrogen and oxygen atoms in total. The number of carbonyl (C=O) groups excluding carboxylic acids is 1. The third kappa shape index (κ3) is 3.25. The van der Waals surface area contributed by atoms with E-state index in [0.29, 0.717) is 31.0 Å². The molecule has 0 radical (unpaired) electrons. The van der Waals surface area contributed by atoms with Crippen LogP contribution in [-0.2, 0) is 11.3 Å². The zero-order chi connectivity index (χ0) is 13.8. The number of carbonyl (C=O) groups is 1. The van der Waals surface area contributed by atoms with E-state index in [9.17, 15) is 9.18 Å². The lowest BCUT2D eigenvalue weighted by atomic mass is 9.98. The first-order valence-electron chi connectivity index (χ1n) is 6.92. The summed E-state index contributed by atoms with van der Waals surface area (Å²) in [4.78, 5) is 13.8. The number of hydrogen-bond donors (Lipinski definition) is 1. The van der Waals surface area contributed by atoms with Crippen LogP contribution >= 0.6 is 0 Å². The molecule has 4 heteroatoms. The van der Waals surface area contributed by atoms with Gasteiger partial charge in [-0.1, -0.05) is 25.5 Å². The molecule has 1 saturated heterocycles. The molecule has 1 aromatic rings. The summed E-state index contributed by atoms with van der Waals surface area (Å²) in [5.41, 5.74) is 6.20. The van der Waals surface area contributed by atoms with Crippen LogP contribution in [0.25, 0.3) is 0 Å². The zero-order valence-corrected chi connectivity index (χ0v) is 11.4. The Morgan fingerprint density at radius 2 is 2.21 bits per heavy atom. The van der Waals surface area contributed by atoms with Gasteiger partial charge in [-0.25, -0.2) is 4.39 Å². The van der Waals surface area contributed by atoms with Crippen molar-refractivity contribution in [2.75, 3.05) is 12.3 Å². The average molecular weight is 264 g/mol. The standard InChI is InChI=1S/C15H21FN2O/c1-2-11-6-7-14(19)18(9-8-11)10-12-4-3-5-13(17)15(12)16/h3-5,11H,2,6-10,17H2,1H3. The largest absolute Gasteiger partial charge is 0.396 e. The molecule has 1 aliphatic rings. The van der Waals surface area contributed by atoms with E-state index in [1.54, 1.807) is 17.0 Å². The maximum atomic E-state index is 13.9. The summed E-state index contributed by atoms with van der Waals surface area (Å²) in [5, 5.41) is 0. The molecule has 0 saturated carbocycles. The molecule has 0 bridgehead atoms. The van der Waals surface area contributed by atoms with E-state index >= 15 is 0 Å². The Morgan fingerprint density at radius 3 is 2.95 bits per heavy atom. The first-order valence-corrected chi connectivity index (χ1v) is 6.92. The van der Waals surface area contributed by atoms with Crippen molar-refractivity contribution in [3.8, 4) is 0 Å². The molecular formula is C15H21FN2O. The molecule has 104 valence electrons. The molecule has 1 amide bonds. The predicted molar refractivity (Wildman–Crippen MR) is 73.9 cm³/mol. The predicted octanol–water partition coefficient (Wildman–Crippen LogP) is 2.95. The molecule has 1 heterocycles. The number of rotatable bonds is 3. The van der Waals surface area contributed by atoms with Crippen LogP contribution in [0, 0.1) is 11.7 Å². The maximum absolute atomic E-state index is 13.9. The average Bonchev–Trinajstić information content (AvgIpc) is 2.58. The highest BCUT2D eigenvalue weighted by molar-refractivity contribution is 5.76. The van der Waals surface area contributed by atoms with Gasteiger partial charge in [0.15, 0.2) is 5.82 Å². The summed E-state index contributed by atoms with van der Waals surface area (Å²) in [5.74, 6) is 0.337. The van der Waals surface area contributed by atoms with E-state index in [1.165, 1.54) is 6.07 Å². The third-order valence-electron chi connectivity index (χ3n) is 3.97. The van der Waals surface area contributed by atoms with E-state index in [-0.39, 0.29) is 11.6 Å². The number of nitrogens with two attached hydrogens (primary N) is 1. The van der Waals surface area contributed by atoms with Crippen molar-refractivity contribution in [2.24, 2.45) is 5.92 Å². The Balaban J connectivity index is 2.09. The first-order chi connectivity index (χ1) is 9.11. The van der Waals surface area contributed by atoms with Crippen LogP contribution in [0.1, 0.15) is 38.2 Å². The van der Waals surface area contributed by atoms with Crippen LogP contribution in [0.3, 0.4) is 0 Å². The lowest BCUT2D eigenvalue weighted by Crippen LogP contribution is -2.30. The Labute approximate surface area is 113 Å². The lowest BCUT2D eigenvalue weighted by Gasteiger charge is -2.21. The van der Waals surface area contributed by atoms with Crippen LogP contribution in [0.2, 0.25) is 0 Å². The summed E-state index contributed by atoms with van der Waals surface area (Å²) in [7, 11) is 0. The molecule has 1 aromatic carbocycles. The molecule has 1 unspecified atom stereocenters. The minimum absolute atomic E-state index is 0.123. The number of halogens is 1. The summed E-state index contributed by atoms with van der Waals surface area (Å²) < 4.78 is 13.9. The Morgan fingerprint density at radius 1 is 1.42 bits per heavy atom. The zero-order valence-electron chi connectivity index (χ0n) is 11.4. The van der Waals surface area contributed by atoms with Gasteiger partial charge in [-0.2, -0.15) is 0 Å². The van der Waals surface area contributed by atoms with E-state index in [1.807, 2.05) is 0 Å². The van der Waals surface area contributed by atoms with Crippen molar-refractivity contribution in [1.82, 2.24) is 4.90 Å². The Bertz CT molecular complexity index is 461. The first kappa shape index (κ1) is 13.8. The van der Waals surface area contributed by atoms with Crippen molar-refractivity contribution in [1.29, 1.82) is 0 Å². The van der Waals surface area contributed by atoms with Crippen molar-refractivity contribution < 1.29 is 9.18 Å². The summed E-state index contributed by atoms with van der Waals surface area (Å²) >= 11 is 0. The van der Waals surface area contributed by atoms with Crippen LogP contribution in [0.5, 0.6) is 0 Å². The second-order valence-electron chi connectivity index (χ2n) is 5.24. The second kappa shape index (κ2) is 6.04. The highest BCUT2D eigenvalue weighted by Gasteiger charge is 2.22. The minimum Gasteiger partial charge on any atom is -0.396 e. The number of nitrogens with zero attached hydrogens (tertiary/aromatic N) is 1. The van der Waals surface area contributed by atoms with Gasteiger partial charge in [0.1, 0.15) is 0 Å². The number of benzene rings is 1. The molecule has 1 atom stereocenters. The van der Waals surface area contributed by atoms with Gasteiger partial charge in [-0.3, -0.25) is 4.79 Å². The van der Waals surface area contributed by atoms with E-state index in [4.69, 9.17) is 5.73 Å². The summed E-state index contributed by atoms with van der Waals surface area (Å²) in [6, 6.07) is 4.96. The highest BCUT2D eigenvalue weighted by atomic mass is 19.1. The quantitative estimate of drug-likeness (QED) is 0.853. The highest BCUT2D eigenvalue weighted by Crippen LogP contribution is 2.23. The molecule has 0 spiro atoms. The molecule has 0 aromatic heterocycles. The molecule has 1 fully saturated rings. The van der Waals surface area contributed by atoms with Gasteiger partial charge >= 0.3 is 0 Å². The molecule has 2 rings (SSSR count). The van der Waals surface area contributed by atoms with Gasteiger partial charge in [0.2, 0.25) is 5.91 Å². The Kier molecular flexibility index (Phi) is 4.40. The van der Waals surface area contributed by atoms with Crippen molar-refractivity contribution in [3.63, 3.8) is 0 Å². The van der Waals surface area contributed by atoms with Gasteiger partial charge in [-0.05, 0) is 24.8 Å². The fourth-order valence-electron chi connectivity index (χ4n) is 2.60. The lowest BCUT2D eigenvalue weighted by molar-refractivity contribution is -0.131. The Hall–Kier alpha value is -1.58. The smallest absolute Gasteiger partial charge is 0.222 e. The molecule has 19 heavy (non-hydrogen) atoms. The number of amides is 1. The number of hydrogen-bond acceptors (Lipinski definition) is 2. The van der Waals surface area contributed by atoms with Gasteiger partial charge < -0.3 is 10.6 Å². The van der Waals surface area contributed by atoms with Gasteiger partial charge in [0.05, 0.1) is 5.69 Å². The fourth-order valence-corrected chi connectivity index (χ4v) is 2.60. The SMILES string of the molecule is CCC1CCC(=O)N(Cc2cccc(N)c2F)CC1. The number of likely N-dealkylation sites (tertiary alicyclic amines) is 1. The third-order valence-corrected chi connectivity index (χ3v) is 3.97. The van der Waals surface area contributed by atoms with Crippen molar-refractivity contribution in [2.45, 2.75) is 39.2 Å². The van der Waals surface area contributed by atoms with Crippen LogP contribution in [0.15, 0.2) is 18.2 Å². The molecule has 2 N–H and O–H groups in total. The van der Waals surface area contributed by atoms with E-state index in [2.05, 4.69) is 6.92 Å². The van der Waals surface area contributed by atoms with E-state index in [0.717, 1.165) is 19.3 Å². The number of anilines is 1. The van der Waals surface area contributed by atoms with Crippen LogP contribution in [0.4, 0.5) is 10.1 Å². The normalized spacial score (nSPS) is 20.4. The van der Waals surface area contributed by atoms with Crippen molar-refractivity contribution >= 4 is 11.6 Å². The van der Waals surface area contributed by atoms with Gasteiger partial charge in [-0.15, -0.1) is 0 Å². The van der Waals surface area contributed by atoms with Crippen LogP contribution < -0.4 is 5.73 Å². The molecule has 1 aliphatic heterocycles. The van der Waals surface area contributed by atoms with Crippen molar-refractivity contribution in [3.05, 3.63) is 29.6 Å². The van der Waals surface area contributed by atoms with Gasteiger partial charge in [0, 0.05) is 25.1 Å². The summed E-state index contributed by atoms with van der Waals surface area (Å²) in [6.07, 6.45) is 3.63. The molecule has 0 aliphatic carbocycles. The second-order valence-corrected chi connectivity index (χ2v) is 5.24.